The second-order valence-corrected chi connectivity index (χ2v) is 9.55. The number of nitrogens with zero attached hydrogens (tertiary/aromatic N) is 2. The molecule has 1 heterocycles. The average molecular weight is 428 g/mol. The summed E-state index contributed by atoms with van der Waals surface area (Å²) in [4.78, 5) is 14.6. The van der Waals surface area contributed by atoms with Crippen molar-refractivity contribution in [1.29, 1.82) is 0 Å². The fraction of sp³-hybridized carbons (Fsp3) is 0.650. The highest BCUT2D eigenvalue weighted by molar-refractivity contribution is 7.89. The molecular formula is C20H33N3O5S. The maximum absolute atomic E-state index is 12.7. The topological polar surface area (TPSA) is 88.2 Å². The first-order valence-corrected chi connectivity index (χ1v) is 11.4. The van der Waals surface area contributed by atoms with Gasteiger partial charge in [0, 0.05) is 19.7 Å². The number of piperidine rings is 1. The number of carbonyl (C=O) groups excluding carboxylic acids is 1. The van der Waals surface area contributed by atoms with Gasteiger partial charge < -0.3 is 19.7 Å². The number of benzene rings is 1. The number of amides is 1. The second-order valence-electron chi connectivity index (χ2n) is 7.51. The summed E-state index contributed by atoms with van der Waals surface area (Å²) >= 11 is 0. The van der Waals surface area contributed by atoms with Gasteiger partial charge in [0.2, 0.25) is 15.9 Å². The molecular weight excluding hydrogens is 394 g/mol. The normalized spacial score (nSPS) is 16.0. The molecule has 1 N–H and O–H groups in total. The van der Waals surface area contributed by atoms with Crippen molar-refractivity contribution >= 4 is 15.9 Å². The van der Waals surface area contributed by atoms with Gasteiger partial charge in [0.1, 0.15) is 0 Å². The van der Waals surface area contributed by atoms with Gasteiger partial charge in [0.25, 0.3) is 0 Å². The summed E-state index contributed by atoms with van der Waals surface area (Å²) in [5, 5.41) is 2.81. The molecule has 0 radical (unpaired) electrons. The van der Waals surface area contributed by atoms with E-state index in [0.29, 0.717) is 18.0 Å². The zero-order valence-corrected chi connectivity index (χ0v) is 18.6. The molecule has 2 rings (SSSR count). The Morgan fingerprint density at radius 2 is 1.86 bits per heavy atom. The number of likely N-dealkylation sites (tertiary alicyclic amines) is 1. The molecule has 0 atom stereocenters. The molecule has 1 aromatic carbocycles. The zero-order chi connectivity index (χ0) is 21.4. The Balaban J connectivity index is 1.82. The minimum atomic E-state index is -3.82. The molecule has 1 amide bonds. The number of methoxy groups -OCH3 is 2. The predicted octanol–water partition coefficient (Wildman–Crippen LogP) is 1.56. The molecule has 8 nitrogen and oxygen atoms in total. The number of ether oxygens (including phenoxy) is 2. The van der Waals surface area contributed by atoms with Crippen molar-refractivity contribution in [3.05, 3.63) is 18.2 Å². The molecule has 1 aliphatic rings. The highest BCUT2D eigenvalue weighted by Crippen LogP contribution is 2.30. The van der Waals surface area contributed by atoms with Crippen molar-refractivity contribution in [3.8, 4) is 11.5 Å². The van der Waals surface area contributed by atoms with Crippen LogP contribution in [0.15, 0.2) is 23.1 Å². The van der Waals surface area contributed by atoms with E-state index in [1.54, 1.807) is 0 Å². The number of carbonyl (C=O) groups is 1. The van der Waals surface area contributed by atoms with Crippen molar-refractivity contribution in [3.63, 3.8) is 0 Å². The van der Waals surface area contributed by atoms with Gasteiger partial charge in [-0.25, -0.2) is 8.42 Å². The second kappa shape index (κ2) is 10.8. The maximum atomic E-state index is 12.7. The molecule has 0 saturated carbocycles. The van der Waals surface area contributed by atoms with Crippen molar-refractivity contribution < 1.29 is 22.7 Å². The van der Waals surface area contributed by atoms with Crippen molar-refractivity contribution in [2.75, 3.05) is 54.0 Å². The van der Waals surface area contributed by atoms with Gasteiger partial charge in [-0.15, -0.1) is 0 Å². The third-order valence-corrected chi connectivity index (χ3v) is 7.08. The molecule has 1 aliphatic heterocycles. The van der Waals surface area contributed by atoms with E-state index in [4.69, 9.17) is 9.47 Å². The lowest BCUT2D eigenvalue weighted by molar-refractivity contribution is -0.121. The Morgan fingerprint density at radius 1 is 1.21 bits per heavy atom. The lowest BCUT2D eigenvalue weighted by Crippen LogP contribution is -2.40. The molecule has 1 fully saturated rings. The van der Waals surface area contributed by atoms with E-state index in [0.717, 1.165) is 36.3 Å². The Kier molecular flexibility index (Phi) is 8.73. The summed E-state index contributed by atoms with van der Waals surface area (Å²) in [6.45, 7) is 5.76. The molecule has 0 aromatic heterocycles. The van der Waals surface area contributed by atoms with E-state index in [2.05, 4.69) is 17.1 Å². The number of likely N-dealkylation sites (N-methyl/N-ethyl adjacent to an activating group) is 1. The van der Waals surface area contributed by atoms with Gasteiger partial charge in [0.15, 0.2) is 11.5 Å². The first kappa shape index (κ1) is 23.4. The van der Waals surface area contributed by atoms with E-state index >= 15 is 0 Å². The number of hydrogen-bond donors (Lipinski definition) is 1. The number of rotatable bonds is 10. The van der Waals surface area contributed by atoms with Crippen LogP contribution in [0.1, 0.15) is 26.2 Å². The van der Waals surface area contributed by atoms with E-state index in [1.165, 1.54) is 52.3 Å². The molecule has 1 aromatic rings. The summed E-state index contributed by atoms with van der Waals surface area (Å²) in [5.41, 5.74) is 0. The van der Waals surface area contributed by atoms with Crippen LogP contribution in [-0.4, -0.2) is 77.5 Å². The minimum absolute atomic E-state index is 0.0461. The molecule has 0 spiro atoms. The predicted molar refractivity (Wildman–Crippen MR) is 112 cm³/mol. The molecule has 1 saturated heterocycles. The Morgan fingerprint density at radius 3 is 2.48 bits per heavy atom. The van der Waals surface area contributed by atoms with Crippen LogP contribution in [0.5, 0.6) is 11.5 Å². The maximum Gasteiger partial charge on any atom is 0.243 e. The van der Waals surface area contributed by atoms with Crippen LogP contribution in [0.3, 0.4) is 0 Å². The van der Waals surface area contributed by atoms with Crippen LogP contribution in [0.4, 0.5) is 0 Å². The zero-order valence-electron chi connectivity index (χ0n) is 17.8. The average Bonchev–Trinajstić information content (AvgIpc) is 2.71. The Bertz CT molecular complexity index is 776. The van der Waals surface area contributed by atoms with E-state index in [-0.39, 0.29) is 17.3 Å². The van der Waals surface area contributed by atoms with E-state index < -0.39 is 10.0 Å². The standard InChI is InChI=1S/C20H33N3O5S/c1-16-8-12-23(13-9-16)11-5-10-21-20(24)15-22(2)29(25,26)17-6-7-18(27-3)19(14-17)28-4/h6-7,14,16H,5,8-13,15H2,1-4H3,(H,21,24). The summed E-state index contributed by atoms with van der Waals surface area (Å²) in [5.74, 6) is 1.24. The molecule has 0 bridgehead atoms. The summed E-state index contributed by atoms with van der Waals surface area (Å²) in [6.07, 6.45) is 3.31. The van der Waals surface area contributed by atoms with Gasteiger partial charge >= 0.3 is 0 Å². The van der Waals surface area contributed by atoms with E-state index in [1.807, 2.05) is 0 Å². The van der Waals surface area contributed by atoms with Gasteiger partial charge in [0.05, 0.1) is 25.7 Å². The third kappa shape index (κ3) is 6.58. The van der Waals surface area contributed by atoms with Crippen LogP contribution in [0, 0.1) is 5.92 Å². The fourth-order valence-electron chi connectivity index (χ4n) is 3.32. The molecule has 0 unspecified atom stereocenters. The van der Waals surface area contributed by atoms with Gasteiger partial charge in [-0.05, 0) is 56.9 Å². The highest BCUT2D eigenvalue weighted by Gasteiger charge is 2.24. The highest BCUT2D eigenvalue weighted by atomic mass is 32.2. The molecule has 29 heavy (non-hydrogen) atoms. The number of hydrogen-bond acceptors (Lipinski definition) is 6. The minimum Gasteiger partial charge on any atom is -0.493 e. The quantitative estimate of drug-likeness (QED) is 0.570. The Labute approximate surface area is 174 Å². The van der Waals surface area contributed by atoms with Crippen molar-refractivity contribution in [2.45, 2.75) is 31.1 Å². The van der Waals surface area contributed by atoms with Crippen LogP contribution >= 0.6 is 0 Å². The van der Waals surface area contributed by atoms with E-state index in [9.17, 15) is 13.2 Å². The SMILES string of the molecule is COc1ccc(S(=O)(=O)N(C)CC(=O)NCCCN2CCC(C)CC2)cc1OC. The van der Waals surface area contributed by atoms with Crippen LogP contribution in [0.25, 0.3) is 0 Å². The lowest BCUT2D eigenvalue weighted by atomic mass is 9.99. The smallest absolute Gasteiger partial charge is 0.243 e. The molecule has 9 heteroatoms. The first-order chi connectivity index (χ1) is 13.8. The number of sulfonamides is 1. The van der Waals surface area contributed by atoms with Crippen LogP contribution in [0.2, 0.25) is 0 Å². The van der Waals surface area contributed by atoms with Gasteiger partial charge in [-0.2, -0.15) is 4.31 Å². The largest absolute Gasteiger partial charge is 0.493 e. The fourth-order valence-corrected chi connectivity index (χ4v) is 4.46. The van der Waals surface area contributed by atoms with Crippen LogP contribution in [-0.2, 0) is 14.8 Å². The van der Waals surface area contributed by atoms with Crippen LogP contribution < -0.4 is 14.8 Å². The van der Waals surface area contributed by atoms with Gasteiger partial charge in [-0.1, -0.05) is 6.92 Å². The van der Waals surface area contributed by atoms with Crippen molar-refractivity contribution in [1.82, 2.24) is 14.5 Å². The first-order valence-electron chi connectivity index (χ1n) is 9.95. The van der Waals surface area contributed by atoms with Crippen molar-refractivity contribution in [2.24, 2.45) is 5.92 Å². The summed E-state index contributed by atoms with van der Waals surface area (Å²) < 4.78 is 36.8. The number of nitrogens with one attached hydrogen (secondary N) is 1. The lowest BCUT2D eigenvalue weighted by Gasteiger charge is -2.30. The molecule has 164 valence electrons. The summed E-state index contributed by atoms with van der Waals surface area (Å²) in [7, 11) is 0.494. The molecule has 0 aliphatic carbocycles. The Hall–Kier alpha value is -1.84. The summed E-state index contributed by atoms with van der Waals surface area (Å²) in [6, 6.07) is 4.35. The monoisotopic (exact) mass is 427 g/mol. The third-order valence-electron chi connectivity index (χ3n) is 5.28. The van der Waals surface area contributed by atoms with Gasteiger partial charge in [-0.3, -0.25) is 4.79 Å².